The molecule has 0 aromatic carbocycles. The van der Waals surface area contributed by atoms with Crippen LogP contribution in [-0.4, -0.2) is 30.3 Å². The van der Waals surface area contributed by atoms with Crippen LogP contribution >= 0.6 is 11.3 Å². The van der Waals surface area contributed by atoms with Gasteiger partial charge in [-0.15, -0.1) is 0 Å². The van der Waals surface area contributed by atoms with Gasteiger partial charge in [0.05, 0.1) is 12.6 Å². The lowest BCUT2D eigenvalue weighted by Crippen LogP contribution is -2.43. The molecule has 1 aromatic heterocycles. The fraction of sp³-hybridized carbons (Fsp3) is 0.545. The quantitative estimate of drug-likeness (QED) is 0.733. The van der Waals surface area contributed by atoms with Crippen molar-refractivity contribution in [3.63, 3.8) is 0 Å². The van der Waals surface area contributed by atoms with Gasteiger partial charge < -0.3 is 15.7 Å². The van der Waals surface area contributed by atoms with Gasteiger partial charge in [-0.2, -0.15) is 11.3 Å². The number of aliphatic hydroxyl groups is 1. The van der Waals surface area contributed by atoms with E-state index in [-0.39, 0.29) is 18.7 Å². The molecule has 1 heterocycles. The Labute approximate surface area is 99.7 Å². The van der Waals surface area contributed by atoms with Gasteiger partial charge >= 0.3 is 6.03 Å². The standard InChI is InChI=1S/C11H18N2O2S/c1-8(10-3-4-16-7-10)5-12-11(15)13-9(2)6-14/h3-4,7-9,14H,5-6H2,1-2H3,(H2,12,13,15). The van der Waals surface area contributed by atoms with Crippen molar-refractivity contribution < 1.29 is 9.90 Å². The first kappa shape index (κ1) is 13.0. The summed E-state index contributed by atoms with van der Waals surface area (Å²) in [6.07, 6.45) is 0. The lowest BCUT2D eigenvalue weighted by molar-refractivity contribution is 0.220. The van der Waals surface area contributed by atoms with Crippen LogP contribution in [0.1, 0.15) is 25.3 Å². The number of thiophene rings is 1. The number of carbonyl (C=O) groups is 1. The third-order valence-corrected chi connectivity index (χ3v) is 3.03. The van der Waals surface area contributed by atoms with E-state index in [1.165, 1.54) is 5.56 Å². The Morgan fingerprint density at radius 2 is 2.31 bits per heavy atom. The summed E-state index contributed by atoms with van der Waals surface area (Å²) >= 11 is 1.66. The summed E-state index contributed by atoms with van der Waals surface area (Å²) in [5.41, 5.74) is 1.24. The molecule has 0 radical (unpaired) electrons. The highest BCUT2D eigenvalue weighted by Crippen LogP contribution is 2.16. The molecule has 1 aromatic rings. The first-order valence-electron chi connectivity index (χ1n) is 5.30. The van der Waals surface area contributed by atoms with E-state index in [1.807, 2.05) is 5.38 Å². The van der Waals surface area contributed by atoms with Crippen molar-refractivity contribution in [1.29, 1.82) is 0 Å². The number of hydrogen-bond acceptors (Lipinski definition) is 3. The Bertz CT molecular complexity index is 314. The third kappa shape index (κ3) is 4.20. The van der Waals surface area contributed by atoms with E-state index < -0.39 is 0 Å². The predicted octanol–water partition coefficient (Wildman–Crippen LogP) is 1.53. The topological polar surface area (TPSA) is 61.4 Å². The summed E-state index contributed by atoms with van der Waals surface area (Å²) in [5, 5.41) is 18.3. The molecule has 5 heteroatoms. The predicted molar refractivity (Wildman–Crippen MR) is 65.8 cm³/mol. The van der Waals surface area contributed by atoms with E-state index in [0.29, 0.717) is 12.5 Å². The molecule has 0 saturated heterocycles. The molecule has 3 N–H and O–H groups in total. The number of rotatable bonds is 5. The number of amides is 2. The van der Waals surface area contributed by atoms with Crippen LogP contribution in [0.15, 0.2) is 16.8 Å². The van der Waals surface area contributed by atoms with Crippen molar-refractivity contribution in [3.05, 3.63) is 22.4 Å². The monoisotopic (exact) mass is 242 g/mol. The smallest absolute Gasteiger partial charge is 0.315 e. The number of hydrogen-bond donors (Lipinski definition) is 3. The molecule has 0 bridgehead atoms. The minimum Gasteiger partial charge on any atom is -0.394 e. The second kappa shape index (κ2) is 6.50. The summed E-state index contributed by atoms with van der Waals surface area (Å²) in [6, 6.07) is 1.62. The van der Waals surface area contributed by atoms with E-state index in [2.05, 4.69) is 29.0 Å². The van der Waals surface area contributed by atoms with E-state index in [0.717, 1.165) is 0 Å². The van der Waals surface area contributed by atoms with Crippen molar-refractivity contribution in [2.24, 2.45) is 0 Å². The second-order valence-electron chi connectivity index (χ2n) is 3.90. The third-order valence-electron chi connectivity index (χ3n) is 2.33. The highest BCUT2D eigenvalue weighted by atomic mass is 32.1. The summed E-state index contributed by atoms with van der Waals surface area (Å²) in [6.45, 7) is 4.37. The average Bonchev–Trinajstić information content (AvgIpc) is 2.79. The molecule has 0 saturated carbocycles. The molecular weight excluding hydrogens is 224 g/mol. The molecule has 90 valence electrons. The average molecular weight is 242 g/mol. The summed E-state index contributed by atoms with van der Waals surface area (Å²) < 4.78 is 0. The second-order valence-corrected chi connectivity index (χ2v) is 4.68. The van der Waals surface area contributed by atoms with E-state index in [1.54, 1.807) is 18.3 Å². The van der Waals surface area contributed by atoms with Gasteiger partial charge in [0.1, 0.15) is 0 Å². The van der Waals surface area contributed by atoms with Crippen molar-refractivity contribution in [2.75, 3.05) is 13.2 Å². The van der Waals surface area contributed by atoms with Gasteiger partial charge in [-0.25, -0.2) is 4.79 Å². The van der Waals surface area contributed by atoms with E-state index in [9.17, 15) is 4.79 Å². The Morgan fingerprint density at radius 1 is 1.56 bits per heavy atom. The van der Waals surface area contributed by atoms with Gasteiger partial charge in [-0.05, 0) is 35.2 Å². The Balaban J connectivity index is 2.26. The van der Waals surface area contributed by atoms with Crippen LogP contribution in [0.3, 0.4) is 0 Å². The molecule has 2 unspecified atom stereocenters. The maximum absolute atomic E-state index is 11.4. The molecule has 0 fully saturated rings. The molecule has 0 aliphatic carbocycles. The van der Waals surface area contributed by atoms with Crippen LogP contribution < -0.4 is 10.6 Å². The highest BCUT2D eigenvalue weighted by molar-refractivity contribution is 7.07. The normalized spacial score (nSPS) is 14.2. The molecular formula is C11H18N2O2S. The fourth-order valence-electron chi connectivity index (χ4n) is 1.24. The minimum atomic E-state index is -0.233. The van der Waals surface area contributed by atoms with Gasteiger partial charge in [0, 0.05) is 6.54 Å². The summed E-state index contributed by atoms with van der Waals surface area (Å²) in [5.74, 6) is 0.307. The maximum atomic E-state index is 11.4. The lowest BCUT2D eigenvalue weighted by atomic mass is 10.1. The maximum Gasteiger partial charge on any atom is 0.315 e. The molecule has 2 atom stereocenters. The fourth-order valence-corrected chi connectivity index (χ4v) is 2.02. The molecule has 1 rings (SSSR count). The van der Waals surface area contributed by atoms with Crippen LogP contribution in [0.4, 0.5) is 4.79 Å². The lowest BCUT2D eigenvalue weighted by Gasteiger charge is -2.14. The van der Waals surface area contributed by atoms with Crippen LogP contribution in [-0.2, 0) is 0 Å². The van der Waals surface area contributed by atoms with Crippen LogP contribution in [0.2, 0.25) is 0 Å². The molecule has 2 amide bonds. The molecule has 0 aliphatic heterocycles. The summed E-state index contributed by atoms with van der Waals surface area (Å²) in [7, 11) is 0. The van der Waals surface area contributed by atoms with Crippen molar-refractivity contribution in [1.82, 2.24) is 10.6 Å². The van der Waals surface area contributed by atoms with Gasteiger partial charge in [0.15, 0.2) is 0 Å². The van der Waals surface area contributed by atoms with Crippen LogP contribution in [0.5, 0.6) is 0 Å². The number of aliphatic hydroxyl groups excluding tert-OH is 1. The molecule has 0 spiro atoms. The van der Waals surface area contributed by atoms with Gasteiger partial charge in [0.25, 0.3) is 0 Å². The number of nitrogens with one attached hydrogen (secondary N) is 2. The first-order valence-corrected chi connectivity index (χ1v) is 6.25. The first-order chi connectivity index (χ1) is 7.63. The SMILES string of the molecule is CC(CO)NC(=O)NCC(C)c1ccsc1. The number of carbonyl (C=O) groups excluding carboxylic acids is 1. The molecule has 4 nitrogen and oxygen atoms in total. The van der Waals surface area contributed by atoms with Crippen molar-refractivity contribution >= 4 is 17.4 Å². The zero-order valence-electron chi connectivity index (χ0n) is 9.56. The highest BCUT2D eigenvalue weighted by Gasteiger charge is 2.09. The van der Waals surface area contributed by atoms with Gasteiger partial charge in [0.2, 0.25) is 0 Å². The van der Waals surface area contributed by atoms with Crippen LogP contribution in [0, 0.1) is 0 Å². The van der Waals surface area contributed by atoms with Crippen LogP contribution in [0.25, 0.3) is 0 Å². The number of urea groups is 1. The van der Waals surface area contributed by atoms with Crippen molar-refractivity contribution in [2.45, 2.75) is 25.8 Å². The van der Waals surface area contributed by atoms with Crippen molar-refractivity contribution in [3.8, 4) is 0 Å². The molecule has 0 aliphatic rings. The zero-order valence-corrected chi connectivity index (χ0v) is 10.4. The Morgan fingerprint density at radius 3 is 2.88 bits per heavy atom. The van der Waals surface area contributed by atoms with Gasteiger partial charge in [-0.3, -0.25) is 0 Å². The largest absolute Gasteiger partial charge is 0.394 e. The van der Waals surface area contributed by atoms with Gasteiger partial charge in [-0.1, -0.05) is 6.92 Å². The Hall–Kier alpha value is -1.07. The summed E-state index contributed by atoms with van der Waals surface area (Å²) in [4.78, 5) is 11.4. The minimum absolute atomic E-state index is 0.0481. The zero-order chi connectivity index (χ0) is 12.0. The Kier molecular flexibility index (Phi) is 5.28. The van der Waals surface area contributed by atoms with E-state index in [4.69, 9.17) is 5.11 Å². The van der Waals surface area contributed by atoms with E-state index >= 15 is 0 Å². The molecule has 16 heavy (non-hydrogen) atoms.